The Bertz CT molecular complexity index is 1550. The van der Waals surface area contributed by atoms with Gasteiger partial charge >= 0.3 is 0 Å². The number of amides is 1. The number of fused-ring (bicyclic) bond motifs is 5. The molecule has 7 heteroatoms. The minimum Gasteiger partial charge on any atom is -0.395 e. The summed E-state index contributed by atoms with van der Waals surface area (Å²) in [5, 5.41) is 12.3. The Balaban J connectivity index is 1.58. The predicted octanol–water partition coefficient (Wildman–Crippen LogP) is 2.34. The number of pyridine rings is 2. The molecule has 5 aromatic rings. The highest BCUT2D eigenvalue weighted by molar-refractivity contribution is 6.20. The number of β-amino-alcohol motifs (C(OH)–C–C–N with tert-alkyl or cyclic N) is 1. The van der Waals surface area contributed by atoms with Crippen molar-refractivity contribution in [2.45, 2.75) is 0 Å². The third kappa shape index (κ3) is 2.71. The summed E-state index contributed by atoms with van der Waals surface area (Å²) >= 11 is 0. The van der Waals surface area contributed by atoms with Crippen LogP contribution in [-0.4, -0.2) is 69.5 Å². The minimum absolute atomic E-state index is 0.0693. The highest BCUT2D eigenvalue weighted by Gasteiger charge is 2.25. The van der Waals surface area contributed by atoms with Crippen LogP contribution in [0.15, 0.2) is 59.4 Å². The summed E-state index contributed by atoms with van der Waals surface area (Å²) in [5.41, 5.74) is 2.60. The maximum absolute atomic E-state index is 13.4. The molecule has 0 atom stereocenters. The first kappa shape index (κ1) is 19.2. The summed E-state index contributed by atoms with van der Waals surface area (Å²) in [7, 11) is 0. The zero-order chi connectivity index (χ0) is 21.8. The Labute approximate surface area is 183 Å². The van der Waals surface area contributed by atoms with Crippen LogP contribution in [0.25, 0.3) is 38.1 Å². The van der Waals surface area contributed by atoms with Crippen LogP contribution in [0.2, 0.25) is 0 Å². The molecule has 7 nitrogen and oxygen atoms in total. The molecule has 0 aliphatic carbocycles. The van der Waals surface area contributed by atoms with E-state index in [2.05, 4.69) is 4.90 Å². The third-order valence-corrected chi connectivity index (χ3v) is 6.56. The first-order valence-electron chi connectivity index (χ1n) is 10.9. The fraction of sp³-hybridized carbons (Fsp3) is 0.240. The lowest BCUT2D eigenvalue weighted by Crippen LogP contribution is -2.49. The molecule has 32 heavy (non-hydrogen) atoms. The van der Waals surface area contributed by atoms with Gasteiger partial charge in [-0.25, -0.2) is 4.98 Å². The molecule has 1 aliphatic heterocycles. The number of aliphatic hydroxyl groups is 1. The van der Waals surface area contributed by atoms with Gasteiger partial charge in [0.25, 0.3) is 11.5 Å². The number of carbonyl (C=O) groups is 1. The van der Waals surface area contributed by atoms with Crippen molar-refractivity contribution in [3.05, 3.63) is 70.6 Å². The normalized spacial score (nSPS) is 15.5. The Hall–Kier alpha value is -3.55. The molecule has 1 N–H and O–H groups in total. The molecule has 3 aromatic heterocycles. The van der Waals surface area contributed by atoms with Gasteiger partial charge in [-0.1, -0.05) is 36.4 Å². The van der Waals surface area contributed by atoms with Crippen molar-refractivity contribution in [3.8, 4) is 0 Å². The topological polar surface area (TPSA) is 78.2 Å². The fourth-order valence-electron chi connectivity index (χ4n) is 4.97. The van der Waals surface area contributed by atoms with Gasteiger partial charge in [-0.2, -0.15) is 0 Å². The van der Waals surface area contributed by atoms with E-state index in [9.17, 15) is 9.59 Å². The molecule has 0 unspecified atom stereocenters. The number of piperazine rings is 1. The van der Waals surface area contributed by atoms with Gasteiger partial charge in [0.05, 0.1) is 23.2 Å². The standard InChI is InChI=1S/C25H22N4O3/c30-14-13-27-9-11-28(12-10-27)25(32)20-15-19-16-5-3-4-8-21(16)29-23(19)22(26-20)17-6-1-2-7-18(17)24(29)31/h1-8,15,30H,9-14H2. The maximum Gasteiger partial charge on any atom is 0.272 e. The van der Waals surface area contributed by atoms with Gasteiger partial charge in [0.15, 0.2) is 0 Å². The number of hydrogen-bond donors (Lipinski definition) is 1. The van der Waals surface area contributed by atoms with Crippen molar-refractivity contribution in [2.75, 3.05) is 39.3 Å². The molecule has 1 saturated heterocycles. The third-order valence-electron chi connectivity index (χ3n) is 6.56. The van der Waals surface area contributed by atoms with Gasteiger partial charge in [0.1, 0.15) is 5.69 Å². The summed E-state index contributed by atoms with van der Waals surface area (Å²) in [6.45, 7) is 3.42. The largest absolute Gasteiger partial charge is 0.395 e. The lowest BCUT2D eigenvalue weighted by molar-refractivity contribution is 0.0610. The van der Waals surface area contributed by atoms with Crippen LogP contribution in [0.1, 0.15) is 10.5 Å². The number of para-hydroxylation sites is 1. The van der Waals surface area contributed by atoms with Crippen LogP contribution in [0.3, 0.4) is 0 Å². The first-order chi connectivity index (χ1) is 15.7. The van der Waals surface area contributed by atoms with Crippen molar-refractivity contribution in [2.24, 2.45) is 0 Å². The quantitative estimate of drug-likeness (QED) is 0.448. The lowest BCUT2D eigenvalue weighted by atomic mass is 10.1. The predicted molar refractivity (Wildman–Crippen MR) is 125 cm³/mol. The smallest absolute Gasteiger partial charge is 0.272 e. The van der Waals surface area contributed by atoms with Gasteiger partial charge in [-0.15, -0.1) is 0 Å². The van der Waals surface area contributed by atoms with E-state index in [0.717, 1.165) is 40.3 Å². The fourth-order valence-corrected chi connectivity index (χ4v) is 4.97. The lowest BCUT2D eigenvalue weighted by Gasteiger charge is -2.34. The number of aliphatic hydroxyl groups excluding tert-OH is 1. The number of nitrogens with zero attached hydrogens (tertiary/aromatic N) is 4. The van der Waals surface area contributed by atoms with Crippen molar-refractivity contribution < 1.29 is 9.90 Å². The molecule has 0 saturated carbocycles. The summed E-state index contributed by atoms with van der Waals surface area (Å²) < 4.78 is 1.73. The molecule has 0 radical (unpaired) electrons. The van der Waals surface area contributed by atoms with Crippen LogP contribution >= 0.6 is 0 Å². The second-order valence-corrected chi connectivity index (χ2v) is 8.31. The van der Waals surface area contributed by atoms with E-state index >= 15 is 0 Å². The Kier molecular flexibility index (Phi) is 4.34. The molecular formula is C25H22N4O3. The van der Waals surface area contributed by atoms with Gasteiger partial charge in [0, 0.05) is 54.3 Å². The van der Waals surface area contributed by atoms with Crippen LogP contribution in [0.5, 0.6) is 0 Å². The second kappa shape index (κ2) is 7.25. The SMILES string of the molecule is O=C(c1cc2c3ccccc3n3c(=O)c4ccccc4c(n1)c23)N1CCN(CCO)CC1. The Morgan fingerprint density at radius 2 is 1.59 bits per heavy atom. The van der Waals surface area contributed by atoms with Crippen molar-refractivity contribution in [1.82, 2.24) is 19.2 Å². The molecule has 160 valence electrons. The van der Waals surface area contributed by atoms with Gasteiger partial charge in [-0.05, 0) is 18.2 Å². The first-order valence-corrected chi connectivity index (χ1v) is 10.9. The number of hydrogen-bond acceptors (Lipinski definition) is 5. The van der Waals surface area contributed by atoms with E-state index in [1.165, 1.54) is 0 Å². The van der Waals surface area contributed by atoms with E-state index < -0.39 is 0 Å². The van der Waals surface area contributed by atoms with Crippen molar-refractivity contribution in [1.29, 1.82) is 0 Å². The second-order valence-electron chi connectivity index (χ2n) is 8.31. The molecule has 4 heterocycles. The van der Waals surface area contributed by atoms with E-state index in [4.69, 9.17) is 10.1 Å². The average Bonchev–Trinajstić information content (AvgIpc) is 3.18. The van der Waals surface area contributed by atoms with Gasteiger partial charge < -0.3 is 10.0 Å². The van der Waals surface area contributed by atoms with E-state index in [1.807, 2.05) is 59.5 Å². The summed E-state index contributed by atoms with van der Waals surface area (Å²) in [6.07, 6.45) is 0. The van der Waals surface area contributed by atoms with E-state index in [0.29, 0.717) is 36.2 Å². The zero-order valence-corrected chi connectivity index (χ0v) is 17.5. The molecule has 1 amide bonds. The molecule has 0 bridgehead atoms. The van der Waals surface area contributed by atoms with Gasteiger partial charge in [-0.3, -0.25) is 18.9 Å². The molecule has 6 rings (SSSR count). The highest BCUT2D eigenvalue weighted by atomic mass is 16.3. The molecular weight excluding hydrogens is 404 g/mol. The summed E-state index contributed by atoms with van der Waals surface area (Å²) in [4.78, 5) is 35.6. The van der Waals surface area contributed by atoms with Crippen LogP contribution in [0, 0.1) is 0 Å². The van der Waals surface area contributed by atoms with Gasteiger partial charge in [0.2, 0.25) is 0 Å². The Morgan fingerprint density at radius 1 is 0.906 bits per heavy atom. The number of aromatic nitrogens is 2. The molecule has 1 aliphatic rings. The van der Waals surface area contributed by atoms with E-state index in [-0.39, 0.29) is 18.1 Å². The summed E-state index contributed by atoms with van der Waals surface area (Å²) in [5.74, 6) is -0.0991. The van der Waals surface area contributed by atoms with Crippen molar-refractivity contribution in [3.63, 3.8) is 0 Å². The highest BCUT2D eigenvalue weighted by Crippen LogP contribution is 2.33. The van der Waals surface area contributed by atoms with Crippen molar-refractivity contribution >= 4 is 44.0 Å². The molecule has 1 fully saturated rings. The average molecular weight is 426 g/mol. The van der Waals surface area contributed by atoms with Crippen LogP contribution in [-0.2, 0) is 0 Å². The van der Waals surface area contributed by atoms with Crippen LogP contribution in [0.4, 0.5) is 0 Å². The minimum atomic E-state index is -0.0991. The number of benzene rings is 2. The number of carbonyl (C=O) groups excluding carboxylic acids is 1. The monoisotopic (exact) mass is 426 g/mol. The van der Waals surface area contributed by atoms with E-state index in [1.54, 1.807) is 4.40 Å². The summed E-state index contributed by atoms with van der Waals surface area (Å²) in [6, 6.07) is 17.1. The number of rotatable bonds is 3. The maximum atomic E-state index is 13.4. The zero-order valence-electron chi connectivity index (χ0n) is 17.5. The Morgan fingerprint density at radius 3 is 2.34 bits per heavy atom. The molecule has 2 aromatic carbocycles. The van der Waals surface area contributed by atoms with Crippen LogP contribution < -0.4 is 5.56 Å². The molecule has 0 spiro atoms.